The Hall–Kier alpha value is -2.47. The van der Waals surface area contributed by atoms with E-state index < -0.39 is 27.2 Å². The Labute approximate surface area is 204 Å². The van der Waals surface area contributed by atoms with Gasteiger partial charge in [-0.05, 0) is 56.8 Å². The Morgan fingerprint density at radius 1 is 1.15 bits per heavy atom. The van der Waals surface area contributed by atoms with Crippen molar-refractivity contribution in [3.05, 3.63) is 47.3 Å². The first-order valence-electron chi connectivity index (χ1n) is 11.1. The third-order valence-electron chi connectivity index (χ3n) is 6.53. The maximum Gasteiger partial charge on any atom is 0.325 e. The number of sulfonamides is 1. The van der Waals surface area contributed by atoms with Crippen molar-refractivity contribution in [2.75, 3.05) is 31.1 Å². The molecule has 0 radical (unpaired) electrons. The molecule has 0 spiro atoms. The Bertz CT molecular complexity index is 1170. The number of rotatable bonds is 6. The summed E-state index contributed by atoms with van der Waals surface area (Å²) in [7, 11) is -3.66. The fraction of sp³-hybridized carbons (Fsp3) is 0.478. The smallest absolute Gasteiger partial charge is 0.325 e. The molecule has 9 nitrogen and oxygen atoms in total. The summed E-state index contributed by atoms with van der Waals surface area (Å²) in [5, 5.41) is 14.4. The summed E-state index contributed by atoms with van der Waals surface area (Å²) in [5.74, 6) is -0.377. The second-order valence-corrected chi connectivity index (χ2v) is 12.8. The number of benzene rings is 1. The number of hydrogen-bond acceptors (Lipinski definition) is 7. The molecule has 11 heteroatoms. The lowest BCUT2D eigenvalue weighted by Gasteiger charge is -2.44. The zero-order valence-corrected chi connectivity index (χ0v) is 21.3. The molecule has 2 aliphatic rings. The van der Waals surface area contributed by atoms with Gasteiger partial charge in [0.15, 0.2) is 0 Å². The maximum absolute atomic E-state index is 13.2. The normalized spacial score (nSPS) is 21.7. The van der Waals surface area contributed by atoms with Gasteiger partial charge in [-0.1, -0.05) is 18.2 Å². The predicted molar refractivity (Wildman–Crippen MR) is 130 cm³/mol. The fourth-order valence-corrected chi connectivity index (χ4v) is 6.97. The topological polar surface area (TPSA) is 110 Å². The highest BCUT2D eigenvalue weighted by molar-refractivity contribution is 7.91. The van der Waals surface area contributed by atoms with Crippen LogP contribution in [0.15, 0.2) is 46.0 Å². The average Bonchev–Trinajstić information content (AvgIpc) is 3.37. The number of anilines is 1. The van der Waals surface area contributed by atoms with E-state index in [4.69, 9.17) is 0 Å². The summed E-state index contributed by atoms with van der Waals surface area (Å²) in [4.78, 5) is 28.4. The molecule has 184 valence electrons. The Morgan fingerprint density at radius 2 is 1.82 bits per heavy atom. The quantitative estimate of drug-likeness (QED) is 0.581. The van der Waals surface area contributed by atoms with E-state index in [2.05, 4.69) is 10.2 Å². The van der Waals surface area contributed by atoms with E-state index in [1.54, 1.807) is 45.2 Å². The lowest BCUT2D eigenvalue weighted by Crippen LogP contribution is -2.60. The van der Waals surface area contributed by atoms with Crippen LogP contribution in [0.5, 0.6) is 0 Å². The highest BCUT2D eigenvalue weighted by atomic mass is 32.2. The molecule has 3 amide bonds. The van der Waals surface area contributed by atoms with E-state index in [9.17, 15) is 23.1 Å². The maximum atomic E-state index is 13.2. The summed E-state index contributed by atoms with van der Waals surface area (Å²) < 4.78 is 28.2. The third kappa shape index (κ3) is 4.45. The lowest BCUT2D eigenvalue weighted by atomic mass is 9.97. The largest absolute Gasteiger partial charge is 0.386 e. The van der Waals surface area contributed by atoms with Crippen molar-refractivity contribution >= 4 is 39.0 Å². The van der Waals surface area contributed by atoms with Crippen LogP contribution in [-0.4, -0.2) is 72.4 Å². The minimum absolute atomic E-state index is 0.168. The van der Waals surface area contributed by atoms with Crippen LogP contribution in [0.4, 0.5) is 10.5 Å². The number of amides is 3. The van der Waals surface area contributed by atoms with Crippen molar-refractivity contribution in [3.63, 3.8) is 0 Å². The number of aliphatic hydroxyl groups is 1. The monoisotopic (exact) mass is 506 g/mol. The van der Waals surface area contributed by atoms with E-state index in [1.165, 1.54) is 20.5 Å². The van der Waals surface area contributed by atoms with Crippen molar-refractivity contribution < 1.29 is 23.1 Å². The third-order valence-corrected chi connectivity index (χ3v) is 9.77. The van der Waals surface area contributed by atoms with Gasteiger partial charge in [0.05, 0.1) is 11.6 Å². The number of hydrogen-bond donors (Lipinski definition) is 2. The molecule has 2 fully saturated rings. The standard InChI is InChI=1S/C23H30N4O5S2/c1-22(2)20(28)24-21(29)27(22)15-18-14-25(34(31,32)19-6-5-13-33-19)11-12-26(18)17-9-7-16(8-10-17)23(3,4)30/h5-10,13,18,30H,11-12,14-15H2,1-4H3,(H,24,28,29)/t18-/m1/s1. The van der Waals surface area contributed by atoms with Crippen molar-refractivity contribution in [1.29, 1.82) is 0 Å². The molecule has 0 saturated carbocycles. The molecular weight excluding hydrogens is 476 g/mol. The number of thiophene rings is 1. The highest BCUT2D eigenvalue weighted by Crippen LogP contribution is 2.30. The number of imide groups is 1. The summed E-state index contributed by atoms with van der Waals surface area (Å²) in [6.45, 7) is 7.83. The van der Waals surface area contributed by atoms with E-state index in [0.717, 1.165) is 11.3 Å². The molecule has 0 unspecified atom stereocenters. The van der Waals surface area contributed by atoms with Gasteiger partial charge in [0.2, 0.25) is 0 Å². The highest BCUT2D eigenvalue weighted by Gasteiger charge is 2.47. The van der Waals surface area contributed by atoms with Gasteiger partial charge < -0.3 is 14.9 Å². The molecule has 34 heavy (non-hydrogen) atoms. The van der Waals surface area contributed by atoms with Crippen molar-refractivity contribution in [3.8, 4) is 0 Å². The van der Waals surface area contributed by atoms with E-state index in [1.807, 2.05) is 24.3 Å². The van der Waals surface area contributed by atoms with Crippen molar-refractivity contribution in [1.82, 2.24) is 14.5 Å². The molecule has 2 N–H and O–H groups in total. The van der Waals surface area contributed by atoms with Crippen LogP contribution in [0, 0.1) is 0 Å². The minimum atomic E-state index is -3.66. The van der Waals surface area contributed by atoms with E-state index in [0.29, 0.717) is 13.1 Å². The number of carbonyl (C=O) groups excluding carboxylic acids is 2. The van der Waals surface area contributed by atoms with Crippen LogP contribution in [0.1, 0.15) is 33.3 Å². The molecule has 0 aliphatic carbocycles. The Balaban J connectivity index is 1.66. The number of piperazine rings is 1. The van der Waals surface area contributed by atoms with Gasteiger partial charge in [0, 0.05) is 31.9 Å². The number of nitrogens with zero attached hydrogens (tertiary/aromatic N) is 3. The molecule has 2 aliphatic heterocycles. The zero-order chi connectivity index (χ0) is 24.9. The Kier molecular flexibility index (Phi) is 6.26. The minimum Gasteiger partial charge on any atom is -0.386 e. The van der Waals surface area contributed by atoms with Crippen molar-refractivity contribution in [2.24, 2.45) is 0 Å². The van der Waals surface area contributed by atoms with Gasteiger partial charge in [0.1, 0.15) is 9.75 Å². The summed E-state index contributed by atoms with van der Waals surface area (Å²) in [5.41, 5.74) is -0.404. The molecule has 1 aromatic heterocycles. The Morgan fingerprint density at radius 3 is 2.35 bits per heavy atom. The molecule has 3 heterocycles. The van der Waals surface area contributed by atoms with Gasteiger partial charge >= 0.3 is 6.03 Å². The second-order valence-electron chi connectivity index (χ2n) is 9.68. The first-order valence-corrected chi connectivity index (χ1v) is 13.4. The van der Waals surface area contributed by atoms with Crippen LogP contribution >= 0.6 is 11.3 Å². The molecule has 4 rings (SSSR count). The van der Waals surface area contributed by atoms with Gasteiger partial charge in [-0.3, -0.25) is 10.1 Å². The fourth-order valence-electron chi connectivity index (χ4n) is 4.36. The van der Waals surface area contributed by atoms with Gasteiger partial charge in [0.25, 0.3) is 15.9 Å². The molecule has 1 atom stereocenters. The summed E-state index contributed by atoms with van der Waals surface area (Å²) in [6, 6.07) is 9.91. The summed E-state index contributed by atoms with van der Waals surface area (Å²) >= 11 is 1.17. The SMILES string of the molecule is CC(C)(O)c1ccc(N2CCN(S(=O)(=O)c3cccs3)C[C@@H]2CN2C(=O)NC(=O)C2(C)C)cc1. The first kappa shape index (κ1) is 24.6. The molecule has 0 bridgehead atoms. The predicted octanol–water partition coefficient (Wildman–Crippen LogP) is 2.19. The van der Waals surface area contributed by atoms with Crippen molar-refractivity contribution in [2.45, 2.75) is 49.1 Å². The van der Waals surface area contributed by atoms with Crippen LogP contribution in [0.2, 0.25) is 0 Å². The number of carbonyl (C=O) groups is 2. The van der Waals surface area contributed by atoms with Crippen LogP contribution in [0.25, 0.3) is 0 Å². The molecular formula is C23H30N4O5S2. The summed E-state index contributed by atoms with van der Waals surface area (Å²) in [6.07, 6.45) is 0. The van der Waals surface area contributed by atoms with Gasteiger partial charge in [-0.25, -0.2) is 13.2 Å². The molecule has 1 aromatic carbocycles. The van der Waals surface area contributed by atoms with Gasteiger partial charge in [-0.15, -0.1) is 11.3 Å². The van der Waals surface area contributed by atoms with Crippen LogP contribution < -0.4 is 10.2 Å². The number of urea groups is 1. The van der Waals surface area contributed by atoms with Crippen LogP contribution in [-0.2, 0) is 20.4 Å². The van der Waals surface area contributed by atoms with Crippen LogP contribution in [0.3, 0.4) is 0 Å². The lowest BCUT2D eigenvalue weighted by molar-refractivity contribution is -0.125. The second kappa shape index (κ2) is 8.63. The molecule has 2 aromatic rings. The average molecular weight is 507 g/mol. The first-order chi connectivity index (χ1) is 15.8. The van der Waals surface area contributed by atoms with E-state index in [-0.39, 0.29) is 29.2 Å². The zero-order valence-electron chi connectivity index (χ0n) is 19.7. The van der Waals surface area contributed by atoms with Gasteiger partial charge in [-0.2, -0.15) is 4.31 Å². The number of nitrogens with one attached hydrogen (secondary N) is 1. The van der Waals surface area contributed by atoms with E-state index >= 15 is 0 Å². The molecule has 2 saturated heterocycles.